The van der Waals surface area contributed by atoms with Crippen molar-refractivity contribution in [3.8, 4) is 23.0 Å². The minimum Gasteiger partial charge on any atom is -0.504 e. The van der Waals surface area contributed by atoms with E-state index in [0.717, 1.165) is 25.7 Å². The van der Waals surface area contributed by atoms with E-state index >= 15 is 0 Å². The van der Waals surface area contributed by atoms with Crippen LogP contribution in [0.1, 0.15) is 64.5 Å². The van der Waals surface area contributed by atoms with E-state index in [1.165, 1.54) is 24.6 Å². The second kappa shape index (κ2) is 12.6. The number of halogens is 4. The maximum absolute atomic E-state index is 10.7. The Hall–Kier alpha value is -1.86. The number of benzene rings is 2. The van der Waals surface area contributed by atoms with Crippen molar-refractivity contribution in [2.75, 3.05) is 0 Å². The van der Waals surface area contributed by atoms with Crippen LogP contribution in [-0.4, -0.2) is 46.9 Å². The molecule has 0 aliphatic heterocycles. The van der Waals surface area contributed by atoms with Crippen molar-refractivity contribution in [1.29, 1.82) is 0 Å². The first-order chi connectivity index (χ1) is 17.0. The fourth-order valence-corrected chi connectivity index (χ4v) is 4.72. The molecule has 0 saturated heterocycles. The third-order valence-electron chi connectivity index (χ3n) is 5.59. The molecule has 0 heterocycles. The molecule has 2 N–H and O–H groups in total. The Labute approximate surface area is 231 Å². The molecule has 1 fully saturated rings. The largest absolute Gasteiger partial charge is 0.504 e. The summed E-state index contributed by atoms with van der Waals surface area (Å²) < 4.78 is 11.3. The van der Waals surface area contributed by atoms with Crippen LogP contribution < -0.4 is 9.47 Å². The lowest BCUT2D eigenvalue weighted by molar-refractivity contribution is 0.231. The number of aromatic hydroxyl groups is 2. The van der Waals surface area contributed by atoms with Gasteiger partial charge >= 0.3 is 0 Å². The fraction of sp³-hybridized carbons (Fsp3) is 0.462. The number of hydrogen-bond donors (Lipinski definition) is 2. The van der Waals surface area contributed by atoms with E-state index in [-0.39, 0.29) is 67.4 Å². The molecule has 2 atom stereocenters. The van der Waals surface area contributed by atoms with Gasteiger partial charge in [0.1, 0.15) is 0 Å². The molecule has 1 aliphatic rings. The van der Waals surface area contributed by atoms with Gasteiger partial charge in [0.25, 0.3) is 0 Å². The molecule has 1 aliphatic carbocycles. The van der Waals surface area contributed by atoms with Crippen molar-refractivity contribution in [3.63, 3.8) is 0 Å². The molecule has 0 spiro atoms. The molecule has 196 valence electrons. The van der Waals surface area contributed by atoms with Gasteiger partial charge in [-0.2, -0.15) is 0 Å². The van der Waals surface area contributed by atoms with Gasteiger partial charge in [0.05, 0.1) is 55.5 Å². The van der Waals surface area contributed by atoms with Crippen molar-refractivity contribution in [2.24, 2.45) is 9.98 Å². The smallest absolute Gasteiger partial charge is 0.168 e. The predicted octanol–water partition coefficient (Wildman–Crippen LogP) is 8.14. The van der Waals surface area contributed by atoms with Crippen molar-refractivity contribution in [2.45, 2.75) is 77.7 Å². The molecule has 10 heteroatoms. The van der Waals surface area contributed by atoms with E-state index in [4.69, 9.17) is 65.9 Å². The van der Waals surface area contributed by atoms with E-state index in [2.05, 4.69) is 0 Å². The standard InChI is InChI=1S/C26H30Cl4N2O4/c1-13(2)35-21-9-17(27)23(29)15(25(21)33)11-31-19-7-5-6-8-20(19)32-12-16-24(30)18(28)10-22(26(16)34)36-14(3)4/h9-14,19-20,33-34H,5-8H2,1-4H3/t19-,20-/m0/s1. The SMILES string of the molecule is CC(C)Oc1cc(Cl)c(Cl)c(C=N[C@H]2CCCC[C@@H]2N=Cc2c(O)c(OC(C)C)cc(Cl)c2Cl)c1O. The van der Waals surface area contributed by atoms with Crippen LogP contribution in [0.2, 0.25) is 20.1 Å². The Kier molecular flexibility index (Phi) is 10.0. The Bertz CT molecular complexity index is 1060. The van der Waals surface area contributed by atoms with Gasteiger partial charge in [-0.25, -0.2) is 0 Å². The highest BCUT2D eigenvalue weighted by Gasteiger charge is 2.25. The van der Waals surface area contributed by atoms with Crippen molar-refractivity contribution < 1.29 is 19.7 Å². The van der Waals surface area contributed by atoms with E-state index in [9.17, 15) is 10.2 Å². The molecule has 1 saturated carbocycles. The van der Waals surface area contributed by atoms with Gasteiger partial charge in [-0.15, -0.1) is 0 Å². The second-order valence-electron chi connectivity index (χ2n) is 9.17. The van der Waals surface area contributed by atoms with Crippen LogP contribution in [0.4, 0.5) is 0 Å². The Morgan fingerprint density at radius 3 is 1.44 bits per heavy atom. The topological polar surface area (TPSA) is 83.6 Å². The number of hydrogen-bond acceptors (Lipinski definition) is 6. The summed E-state index contributed by atoms with van der Waals surface area (Å²) in [6, 6.07) is 2.63. The average molecular weight is 576 g/mol. The van der Waals surface area contributed by atoms with Crippen molar-refractivity contribution in [1.82, 2.24) is 0 Å². The van der Waals surface area contributed by atoms with E-state index in [0.29, 0.717) is 11.1 Å². The molecule has 0 radical (unpaired) electrons. The Balaban J connectivity index is 1.90. The zero-order chi connectivity index (χ0) is 26.6. The van der Waals surface area contributed by atoms with Gasteiger partial charge in [0.15, 0.2) is 23.0 Å². The molecular formula is C26H30Cl4N2O4. The number of aliphatic imine (C=N–C) groups is 2. The van der Waals surface area contributed by atoms with E-state index in [1.807, 2.05) is 27.7 Å². The molecule has 0 amide bonds. The first-order valence-corrected chi connectivity index (χ1v) is 13.3. The first-order valence-electron chi connectivity index (χ1n) is 11.8. The summed E-state index contributed by atoms with van der Waals surface area (Å²) in [4.78, 5) is 9.41. The average Bonchev–Trinajstić information content (AvgIpc) is 2.81. The Morgan fingerprint density at radius 1 is 0.750 bits per heavy atom. The summed E-state index contributed by atoms with van der Waals surface area (Å²) in [5.74, 6) is 0.242. The normalized spacial score (nSPS) is 18.6. The number of rotatable bonds is 8. The first kappa shape index (κ1) is 28.7. The van der Waals surface area contributed by atoms with Crippen molar-refractivity contribution >= 4 is 58.8 Å². The quantitative estimate of drug-likeness (QED) is 0.311. The third kappa shape index (κ3) is 6.91. The lowest BCUT2D eigenvalue weighted by Gasteiger charge is -2.25. The van der Waals surface area contributed by atoms with Gasteiger partial charge in [-0.1, -0.05) is 59.2 Å². The van der Waals surface area contributed by atoms with E-state index < -0.39 is 0 Å². The van der Waals surface area contributed by atoms with Gasteiger partial charge < -0.3 is 19.7 Å². The monoisotopic (exact) mass is 574 g/mol. The summed E-state index contributed by atoms with van der Waals surface area (Å²) in [5.41, 5.74) is 0.582. The van der Waals surface area contributed by atoms with Crippen LogP contribution in [0.25, 0.3) is 0 Å². The molecular weight excluding hydrogens is 546 g/mol. The molecule has 6 nitrogen and oxygen atoms in total. The molecule has 0 aromatic heterocycles. The summed E-state index contributed by atoms with van der Waals surface area (Å²) in [7, 11) is 0. The molecule has 3 rings (SSSR count). The molecule has 36 heavy (non-hydrogen) atoms. The van der Waals surface area contributed by atoms with Gasteiger partial charge in [-0.05, 0) is 40.5 Å². The lowest BCUT2D eigenvalue weighted by Crippen LogP contribution is -2.27. The van der Waals surface area contributed by atoms with E-state index in [1.54, 1.807) is 0 Å². The molecule has 0 bridgehead atoms. The highest BCUT2D eigenvalue weighted by molar-refractivity contribution is 6.44. The second-order valence-corrected chi connectivity index (χ2v) is 10.7. The van der Waals surface area contributed by atoms with Crippen LogP contribution in [0.3, 0.4) is 0 Å². The molecule has 0 unspecified atom stereocenters. The number of phenolic OH excluding ortho intramolecular Hbond substituents is 2. The Morgan fingerprint density at radius 2 is 1.11 bits per heavy atom. The maximum Gasteiger partial charge on any atom is 0.168 e. The summed E-state index contributed by atoms with van der Waals surface area (Å²) in [6.07, 6.45) is 6.29. The lowest BCUT2D eigenvalue weighted by atomic mass is 9.91. The predicted molar refractivity (Wildman–Crippen MR) is 149 cm³/mol. The minimum atomic E-state index is -0.176. The fourth-order valence-electron chi connectivity index (χ4n) is 3.93. The third-order valence-corrected chi connectivity index (χ3v) is 7.20. The summed E-state index contributed by atoms with van der Waals surface area (Å²) in [5, 5.41) is 22.3. The van der Waals surface area contributed by atoms with Crippen LogP contribution in [0.5, 0.6) is 23.0 Å². The summed E-state index contributed by atoms with van der Waals surface area (Å²) in [6.45, 7) is 7.40. The van der Waals surface area contributed by atoms with Crippen LogP contribution >= 0.6 is 46.4 Å². The maximum atomic E-state index is 10.7. The van der Waals surface area contributed by atoms with Gasteiger partial charge in [0, 0.05) is 24.6 Å². The molecule has 2 aromatic carbocycles. The minimum absolute atomic E-state index is 0.119. The van der Waals surface area contributed by atoms with Gasteiger partial charge in [-0.3, -0.25) is 9.98 Å². The van der Waals surface area contributed by atoms with Crippen LogP contribution in [0, 0.1) is 0 Å². The zero-order valence-electron chi connectivity index (χ0n) is 20.6. The van der Waals surface area contributed by atoms with Crippen LogP contribution in [0.15, 0.2) is 22.1 Å². The number of nitrogens with zero attached hydrogens (tertiary/aromatic N) is 2. The molecule has 2 aromatic rings. The highest BCUT2D eigenvalue weighted by atomic mass is 35.5. The number of phenols is 2. The van der Waals surface area contributed by atoms with Crippen LogP contribution in [-0.2, 0) is 0 Å². The summed E-state index contributed by atoms with van der Waals surface area (Å²) >= 11 is 25.3. The van der Waals surface area contributed by atoms with Crippen molar-refractivity contribution in [3.05, 3.63) is 43.4 Å². The zero-order valence-corrected chi connectivity index (χ0v) is 23.6. The number of ether oxygens (including phenoxy) is 2. The highest BCUT2D eigenvalue weighted by Crippen LogP contribution is 2.41. The van der Waals surface area contributed by atoms with Gasteiger partial charge in [0.2, 0.25) is 0 Å².